The summed E-state index contributed by atoms with van der Waals surface area (Å²) < 4.78 is 10.5. The Morgan fingerprint density at radius 3 is 2.71 bits per heavy atom. The van der Waals surface area contributed by atoms with Crippen molar-refractivity contribution in [3.8, 4) is 0 Å². The van der Waals surface area contributed by atoms with Crippen LogP contribution in [0.4, 0.5) is 0 Å². The van der Waals surface area contributed by atoms with Gasteiger partial charge in [-0.3, -0.25) is 4.79 Å². The molecule has 1 amide bonds. The van der Waals surface area contributed by atoms with Gasteiger partial charge in [-0.1, -0.05) is 19.0 Å². The predicted molar refractivity (Wildman–Crippen MR) is 75.0 cm³/mol. The zero-order valence-electron chi connectivity index (χ0n) is 12.3. The highest BCUT2D eigenvalue weighted by molar-refractivity contribution is 5.91. The van der Waals surface area contributed by atoms with Crippen LogP contribution in [0.1, 0.15) is 60.8 Å². The maximum atomic E-state index is 12.2. The summed E-state index contributed by atoms with van der Waals surface area (Å²) in [7, 11) is 0. The van der Waals surface area contributed by atoms with Crippen LogP contribution in [-0.2, 0) is 0 Å². The van der Waals surface area contributed by atoms with Gasteiger partial charge >= 0.3 is 0 Å². The van der Waals surface area contributed by atoms with Crippen LogP contribution < -0.4 is 0 Å². The fourth-order valence-corrected chi connectivity index (χ4v) is 2.53. The van der Waals surface area contributed by atoms with Crippen molar-refractivity contribution in [2.75, 3.05) is 13.1 Å². The van der Waals surface area contributed by atoms with Crippen molar-refractivity contribution in [1.82, 2.24) is 15.0 Å². The van der Waals surface area contributed by atoms with Crippen molar-refractivity contribution in [3.63, 3.8) is 0 Å². The molecule has 1 aliphatic heterocycles. The molecule has 0 unspecified atom stereocenters. The fourth-order valence-electron chi connectivity index (χ4n) is 2.53. The Balaban J connectivity index is 1.61. The molecule has 0 bridgehead atoms. The lowest BCUT2D eigenvalue weighted by atomic mass is 9.96. The van der Waals surface area contributed by atoms with E-state index in [2.05, 4.69) is 10.1 Å². The quantitative estimate of drug-likeness (QED) is 0.868. The Morgan fingerprint density at radius 1 is 1.38 bits per heavy atom. The molecule has 21 heavy (non-hydrogen) atoms. The second kappa shape index (κ2) is 5.71. The van der Waals surface area contributed by atoms with Crippen molar-refractivity contribution in [1.29, 1.82) is 0 Å². The molecule has 1 saturated heterocycles. The molecule has 0 atom stereocenters. The standard InChI is InChI=1S/C15H19N3O3/c1-10(2)13-16-14(21-17-13)11-5-7-18(8-6-11)15(19)12-4-3-9-20-12/h3-4,9-11H,5-8H2,1-2H3. The van der Waals surface area contributed by atoms with E-state index in [4.69, 9.17) is 8.94 Å². The van der Waals surface area contributed by atoms with E-state index in [1.54, 1.807) is 12.1 Å². The highest BCUT2D eigenvalue weighted by Gasteiger charge is 2.29. The topological polar surface area (TPSA) is 72.4 Å². The van der Waals surface area contributed by atoms with Crippen LogP contribution in [0.5, 0.6) is 0 Å². The molecule has 0 spiro atoms. The molecule has 0 radical (unpaired) electrons. The molecule has 0 N–H and O–H groups in total. The minimum Gasteiger partial charge on any atom is -0.459 e. The third kappa shape index (κ3) is 2.84. The van der Waals surface area contributed by atoms with Crippen molar-refractivity contribution in [3.05, 3.63) is 35.9 Å². The highest BCUT2D eigenvalue weighted by atomic mass is 16.5. The summed E-state index contributed by atoms with van der Waals surface area (Å²) >= 11 is 0. The lowest BCUT2D eigenvalue weighted by Crippen LogP contribution is -2.37. The van der Waals surface area contributed by atoms with Gasteiger partial charge in [0.05, 0.1) is 6.26 Å². The van der Waals surface area contributed by atoms with Gasteiger partial charge in [0.15, 0.2) is 11.6 Å². The van der Waals surface area contributed by atoms with E-state index in [0.29, 0.717) is 24.7 Å². The van der Waals surface area contributed by atoms with Crippen LogP contribution in [0, 0.1) is 0 Å². The SMILES string of the molecule is CC(C)c1noc(C2CCN(C(=O)c3ccco3)CC2)n1. The maximum Gasteiger partial charge on any atom is 0.289 e. The molecule has 2 aromatic heterocycles. The van der Waals surface area contributed by atoms with Crippen molar-refractivity contribution >= 4 is 5.91 Å². The Labute approximate surface area is 123 Å². The van der Waals surface area contributed by atoms with E-state index >= 15 is 0 Å². The predicted octanol–water partition coefficient (Wildman–Crippen LogP) is 2.81. The molecule has 112 valence electrons. The van der Waals surface area contributed by atoms with E-state index in [1.165, 1.54) is 6.26 Å². The fraction of sp³-hybridized carbons (Fsp3) is 0.533. The summed E-state index contributed by atoms with van der Waals surface area (Å²) in [4.78, 5) is 18.4. The molecule has 6 nitrogen and oxygen atoms in total. The third-order valence-electron chi connectivity index (χ3n) is 3.84. The number of piperidine rings is 1. The Kier molecular flexibility index (Phi) is 3.77. The molecular formula is C15H19N3O3. The lowest BCUT2D eigenvalue weighted by Gasteiger charge is -2.29. The Hall–Kier alpha value is -2.11. The number of furan rings is 1. The van der Waals surface area contributed by atoms with E-state index < -0.39 is 0 Å². The van der Waals surface area contributed by atoms with E-state index in [1.807, 2.05) is 18.7 Å². The van der Waals surface area contributed by atoms with Crippen molar-refractivity contribution in [2.45, 2.75) is 38.5 Å². The number of aromatic nitrogens is 2. The van der Waals surface area contributed by atoms with Gasteiger partial charge in [0.25, 0.3) is 5.91 Å². The number of likely N-dealkylation sites (tertiary alicyclic amines) is 1. The molecule has 3 heterocycles. The van der Waals surface area contributed by atoms with Crippen molar-refractivity contribution in [2.24, 2.45) is 0 Å². The average molecular weight is 289 g/mol. The summed E-state index contributed by atoms with van der Waals surface area (Å²) in [6, 6.07) is 3.42. The van der Waals surface area contributed by atoms with E-state index in [9.17, 15) is 4.79 Å². The zero-order chi connectivity index (χ0) is 14.8. The number of carbonyl (C=O) groups excluding carboxylic acids is 1. The maximum absolute atomic E-state index is 12.2. The zero-order valence-corrected chi connectivity index (χ0v) is 12.3. The number of nitrogens with zero attached hydrogens (tertiary/aromatic N) is 3. The van der Waals surface area contributed by atoms with Gasteiger partial charge in [-0.15, -0.1) is 0 Å². The molecule has 0 saturated carbocycles. The number of amides is 1. The van der Waals surface area contributed by atoms with Gasteiger partial charge in [-0.2, -0.15) is 4.98 Å². The second-order valence-electron chi connectivity index (χ2n) is 5.69. The van der Waals surface area contributed by atoms with Crippen LogP contribution >= 0.6 is 0 Å². The van der Waals surface area contributed by atoms with Gasteiger partial charge in [0.2, 0.25) is 5.89 Å². The van der Waals surface area contributed by atoms with Crippen molar-refractivity contribution < 1.29 is 13.7 Å². The Bertz CT molecular complexity index is 595. The number of rotatable bonds is 3. The average Bonchev–Trinajstić information content (AvgIpc) is 3.18. The number of carbonyl (C=O) groups is 1. The molecule has 3 rings (SSSR count). The van der Waals surface area contributed by atoms with Crippen LogP contribution in [0.2, 0.25) is 0 Å². The summed E-state index contributed by atoms with van der Waals surface area (Å²) in [5, 5.41) is 4.00. The summed E-state index contributed by atoms with van der Waals surface area (Å²) in [6.45, 7) is 5.45. The second-order valence-corrected chi connectivity index (χ2v) is 5.69. The van der Waals surface area contributed by atoms with Crippen LogP contribution in [-0.4, -0.2) is 34.0 Å². The van der Waals surface area contributed by atoms with Crippen LogP contribution in [0.25, 0.3) is 0 Å². The largest absolute Gasteiger partial charge is 0.459 e. The first-order valence-corrected chi connectivity index (χ1v) is 7.31. The molecule has 0 aliphatic carbocycles. The third-order valence-corrected chi connectivity index (χ3v) is 3.84. The highest BCUT2D eigenvalue weighted by Crippen LogP contribution is 2.28. The first-order chi connectivity index (χ1) is 10.1. The van der Waals surface area contributed by atoms with Gasteiger partial charge in [-0.05, 0) is 25.0 Å². The van der Waals surface area contributed by atoms with Gasteiger partial charge in [-0.25, -0.2) is 0 Å². The molecule has 6 heteroatoms. The van der Waals surface area contributed by atoms with Gasteiger partial charge < -0.3 is 13.8 Å². The van der Waals surface area contributed by atoms with Crippen LogP contribution in [0.15, 0.2) is 27.3 Å². The summed E-state index contributed by atoms with van der Waals surface area (Å²) in [5.41, 5.74) is 0. The summed E-state index contributed by atoms with van der Waals surface area (Å²) in [6.07, 6.45) is 3.20. The summed E-state index contributed by atoms with van der Waals surface area (Å²) in [5.74, 6) is 2.30. The smallest absolute Gasteiger partial charge is 0.289 e. The first kappa shape index (κ1) is 13.9. The Morgan fingerprint density at radius 2 is 2.14 bits per heavy atom. The van der Waals surface area contributed by atoms with Gasteiger partial charge in [0, 0.05) is 24.9 Å². The normalized spacial score (nSPS) is 16.6. The van der Waals surface area contributed by atoms with Gasteiger partial charge in [0.1, 0.15) is 0 Å². The molecule has 1 aliphatic rings. The molecule has 0 aromatic carbocycles. The number of hydrogen-bond donors (Lipinski definition) is 0. The molecule has 1 fully saturated rings. The minimum atomic E-state index is -0.0492. The minimum absolute atomic E-state index is 0.0492. The first-order valence-electron chi connectivity index (χ1n) is 7.31. The monoisotopic (exact) mass is 289 g/mol. The van der Waals surface area contributed by atoms with E-state index in [-0.39, 0.29) is 17.7 Å². The number of hydrogen-bond acceptors (Lipinski definition) is 5. The molecule has 2 aromatic rings. The van der Waals surface area contributed by atoms with E-state index in [0.717, 1.165) is 18.7 Å². The lowest BCUT2D eigenvalue weighted by molar-refractivity contribution is 0.0672. The van der Waals surface area contributed by atoms with Crippen LogP contribution in [0.3, 0.4) is 0 Å². The molecular weight excluding hydrogens is 270 g/mol.